The van der Waals surface area contributed by atoms with Crippen LogP contribution in [0.15, 0.2) is 40.8 Å². The number of aromatic carboxylic acids is 1. The standard InChI is InChI=1S/C16H11BN2O6/c18-7-10-1-3-11(17(22)23)6-13(10)24-8-15-19-12-4-2-9(16(20)21)5-14(12)25-15/h1-6,22-23H,8H2,(H,20,21). The lowest BCUT2D eigenvalue weighted by molar-refractivity contribution is 0.0697. The van der Waals surface area contributed by atoms with Crippen molar-refractivity contribution >= 4 is 29.7 Å². The van der Waals surface area contributed by atoms with Gasteiger partial charge in [-0.2, -0.15) is 5.26 Å². The number of nitrogens with zero attached hydrogens (tertiary/aromatic N) is 2. The van der Waals surface area contributed by atoms with Gasteiger partial charge < -0.3 is 24.3 Å². The van der Waals surface area contributed by atoms with Crippen LogP contribution in [-0.2, 0) is 6.61 Å². The normalized spacial score (nSPS) is 10.4. The van der Waals surface area contributed by atoms with E-state index in [-0.39, 0.29) is 34.8 Å². The number of carboxylic acids is 1. The Morgan fingerprint density at radius 3 is 2.76 bits per heavy atom. The van der Waals surface area contributed by atoms with Gasteiger partial charge in [-0.15, -0.1) is 0 Å². The molecule has 0 saturated carbocycles. The zero-order valence-corrected chi connectivity index (χ0v) is 12.7. The van der Waals surface area contributed by atoms with Crippen LogP contribution in [0.25, 0.3) is 11.1 Å². The van der Waals surface area contributed by atoms with Crippen molar-refractivity contribution in [1.29, 1.82) is 5.26 Å². The van der Waals surface area contributed by atoms with Gasteiger partial charge in [0, 0.05) is 0 Å². The molecule has 8 nitrogen and oxygen atoms in total. The Labute approximate surface area is 141 Å². The van der Waals surface area contributed by atoms with Gasteiger partial charge in [-0.3, -0.25) is 0 Å². The summed E-state index contributed by atoms with van der Waals surface area (Å²) < 4.78 is 10.9. The Morgan fingerprint density at radius 1 is 1.28 bits per heavy atom. The van der Waals surface area contributed by atoms with Crippen LogP contribution in [0.2, 0.25) is 0 Å². The second-order valence-corrected chi connectivity index (χ2v) is 5.13. The minimum absolute atomic E-state index is 0.0764. The second-order valence-electron chi connectivity index (χ2n) is 5.13. The Balaban J connectivity index is 1.84. The van der Waals surface area contributed by atoms with Crippen molar-refractivity contribution in [2.45, 2.75) is 6.61 Å². The summed E-state index contributed by atoms with van der Waals surface area (Å²) >= 11 is 0. The van der Waals surface area contributed by atoms with Crippen molar-refractivity contribution in [3.05, 3.63) is 53.4 Å². The van der Waals surface area contributed by atoms with Crippen molar-refractivity contribution < 1.29 is 29.1 Å². The molecule has 1 heterocycles. The minimum Gasteiger partial charge on any atom is -0.483 e. The van der Waals surface area contributed by atoms with Gasteiger partial charge >= 0.3 is 13.1 Å². The predicted octanol–water partition coefficient (Wildman–Crippen LogP) is 0.656. The molecule has 0 spiro atoms. The zero-order chi connectivity index (χ0) is 18.0. The molecule has 25 heavy (non-hydrogen) atoms. The number of benzene rings is 2. The lowest BCUT2D eigenvalue weighted by Gasteiger charge is -2.08. The SMILES string of the molecule is N#Cc1ccc(B(O)O)cc1OCc1nc2ccc(C(=O)O)cc2o1. The van der Waals surface area contributed by atoms with Crippen molar-refractivity contribution in [1.82, 2.24) is 4.98 Å². The molecule has 0 bridgehead atoms. The van der Waals surface area contributed by atoms with Gasteiger partial charge in [0.05, 0.1) is 11.1 Å². The predicted molar refractivity (Wildman–Crippen MR) is 86.3 cm³/mol. The number of carboxylic acid groups (broad SMARTS) is 1. The Morgan fingerprint density at radius 2 is 2.08 bits per heavy atom. The number of aromatic nitrogens is 1. The number of rotatable bonds is 5. The van der Waals surface area contributed by atoms with Gasteiger partial charge in [-0.1, -0.05) is 6.07 Å². The summed E-state index contributed by atoms with van der Waals surface area (Å²) in [5, 5.41) is 36.5. The summed E-state index contributed by atoms with van der Waals surface area (Å²) in [6, 6.07) is 10.4. The highest BCUT2D eigenvalue weighted by atomic mass is 16.5. The summed E-state index contributed by atoms with van der Waals surface area (Å²) in [5.74, 6) is -0.730. The summed E-state index contributed by atoms with van der Waals surface area (Å²) in [6.45, 7) is -0.114. The van der Waals surface area contributed by atoms with Crippen molar-refractivity contribution in [3.63, 3.8) is 0 Å². The smallest absolute Gasteiger partial charge is 0.483 e. The number of oxazole rings is 1. The number of hydrogen-bond donors (Lipinski definition) is 3. The number of nitriles is 1. The van der Waals surface area contributed by atoms with Crippen molar-refractivity contribution in [2.75, 3.05) is 0 Å². The molecule has 3 N–H and O–H groups in total. The molecular weight excluding hydrogens is 327 g/mol. The van der Waals surface area contributed by atoms with E-state index in [1.54, 1.807) is 0 Å². The first-order valence-corrected chi connectivity index (χ1v) is 7.13. The zero-order valence-electron chi connectivity index (χ0n) is 12.7. The largest absolute Gasteiger partial charge is 0.488 e. The van der Waals surface area contributed by atoms with Crippen LogP contribution in [0, 0.1) is 11.3 Å². The van der Waals surface area contributed by atoms with E-state index >= 15 is 0 Å². The van der Waals surface area contributed by atoms with Crippen molar-refractivity contribution in [2.24, 2.45) is 0 Å². The number of fused-ring (bicyclic) bond motifs is 1. The Hall–Kier alpha value is -3.35. The highest BCUT2D eigenvalue weighted by molar-refractivity contribution is 6.58. The highest BCUT2D eigenvalue weighted by Crippen LogP contribution is 2.21. The molecule has 3 rings (SSSR count). The fourth-order valence-corrected chi connectivity index (χ4v) is 2.22. The molecule has 1 aromatic heterocycles. The Bertz CT molecular complexity index is 992. The van der Waals surface area contributed by atoms with Gasteiger partial charge in [0.2, 0.25) is 5.89 Å². The first kappa shape index (κ1) is 16.5. The highest BCUT2D eigenvalue weighted by Gasteiger charge is 2.15. The van der Waals surface area contributed by atoms with Gasteiger partial charge in [0.25, 0.3) is 0 Å². The average Bonchev–Trinajstić information content (AvgIpc) is 3.01. The fraction of sp³-hybridized carbons (Fsp3) is 0.0625. The molecule has 2 aromatic carbocycles. The maximum atomic E-state index is 11.0. The molecule has 0 atom stereocenters. The molecule has 0 aliphatic rings. The summed E-state index contributed by atoms with van der Waals surface area (Å²) in [7, 11) is -1.69. The molecule has 0 amide bonds. The first-order chi connectivity index (χ1) is 12.0. The molecule has 9 heteroatoms. The van der Waals surface area contributed by atoms with Crippen LogP contribution >= 0.6 is 0 Å². The quantitative estimate of drug-likeness (QED) is 0.577. The van der Waals surface area contributed by atoms with Crippen LogP contribution in [0.3, 0.4) is 0 Å². The lowest BCUT2D eigenvalue weighted by atomic mass is 9.80. The molecule has 3 aromatic rings. The summed E-state index contributed by atoms with van der Waals surface area (Å²) in [5.41, 5.74) is 1.25. The van der Waals surface area contributed by atoms with Crippen molar-refractivity contribution in [3.8, 4) is 11.8 Å². The van der Waals surface area contributed by atoms with E-state index in [0.29, 0.717) is 11.1 Å². The van der Waals surface area contributed by atoms with Crippen LogP contribution in [0.4, 0.5) is 0 Å². The third-order valence-corrected chi connectivity index (χ3v) is 3.46. The van der Waals surface area contributed by atoms with E-state index in [4.69, 9.17) is 19.5 Å². The molecule has 0 radical (unpaired) electrons. The van der Waals surface area contributed by atoms with E-state index in [2.05, 4.69) is 4.98 Å². The molecule has 0 aliphatic heterocycles. The summed E-state index contributed by atoms with van der Waals surface area (Å²) in [4.78, 5) is 15.1. The molecular formula is C16H11BN2O6. The maximum absolute atomic E-state index is 11.0. The third kappa shape index (κ3) is 3.45. The number of carbonyl (C=O) groups is 1. The fourth-order valence-electron chi connectivity index (χ4n) is 2.22. The van der Waals surface area contributed by atoms with Crippen LogP contribution < -0.4 is 10.2 Å². The van der Waals surface area contributed by atoms with E-state index in [0.717, 1.165) is 0 Å². The van der Waals surface area contributed by atoms with Gasteiger partial charge in [-0.05, 0) is 35.8 Å². The molecule has 124 valence electrons. The Kier molecular flexibility index (Phi) is 4.39. The average molecular weight is 338 g/mol. The second kappa shape index (κ2) is 6.64. The van der Waals surface area contributed by atoms with Crippen LogP contribution in [0.5, 0.6) is 5.75 Å². The third-order valence-electron chi connectivity index (χ3n) is 3.46. The summed E-state index contributed by atoms with van der Waals surface area (Å²) in [6.07, 6.45) is 0. The molecule has 0 fully saturated rings. The lowest BCUT2D eigenvalue weighted by Crippen LogP contribution is -2.29. The van der Waals surface area contributed by atoms with Gasteiger partial charge in [0.1, 0.15) is 17.3 Å². The number of ether oxygens (including phenoxy) is 1. The van der Waals surface area contributed by atoms with E-state index < -0.39 is 13.1 Å². The molecule has 0 saturated heterocycles. The van der Waals surface area contributed by atoms with Crippen LogP contribution in [-0.4, -0.2) is 33.2 Å². The van der Waals surface area contributed by atoms with Crippen LogP contribution in [0.1, 0.15) is 21.8 Å². The molecule has 0 aliphatic carbocycles. The first-order valence-electron chi connectivity index (χ1n) is 7.13. The maximum Gasteiger partial charge on any atom is 0.488 e. The monoisotopic (exact) mass is 338 g/mol. The van der Waals surface area contributed by atoms with Gasteiger partial charge in [0.15, 0.2) is 12.2 Å². The minimum atomic E-state index is -1.69. The van der Waals surface area contributed by atoms with Gasteiger partial charge in [-0.25, -0.2) is 9.78 Å². The molecule has 0 unspecified atom stereocenters. The van der Waals surface area contributed by atoms with E-state index in [1.807, 2.05) is 6.07 Å². The van der Waals surface area contributed by atoms with E-state index in [9.17, 15) is 14.8 Å². The number of hydrogen-bond acceptors (Lipinski definition) is 7. The topological polar surface area (TPSA) is 137 Å². The van der Waals surface area contributed by atoms with E-state index in [1.165, 1.54) is 36.4 Å².